The number of sulfonamides is 1. The van der Waals surface area contributed by atoms with Crippen molar-refractivity contribution in [2.45, 2.75) is 68.6 Å². The van der Waals surface area contributed by atoms with E-state index < -0.39 is 10.0 Å². The van der Waals surface area contributed by atoms with E-state index in [9.17, 15) is 8.42 Å². The monoisotopic (exact) mass is 309 g/mol. The van der Waals surface area contributed by atoms with Gasteiger partial charge in [0, 0.05) is 0 Å². The fourth-order valence-corrected chi connectivity index (χ4v) is 5.04. The van der Waals surface area contributed by atoms with Gasteiger partial charge in [-0.3, -0.25) is 0 Å². The molecular weight excluding hydrogens is 286 g/mol. The first-order valence-electron chi connectivity index (χ1n) is 7.55. The fraction of sp³-hybridized carbons (Fsp3) is 0.625. The second-order valence-electron chi connectivity index (χ2n) is 7.08. The van der Waals surface area contributed by atoms with E-state index in [0.29, 0.717) is 4.90 Å². The Morgan fingerprint density at radius 3 is 2.48 bits per heavy atom. The zero-order valence-electron chi connectivity index (χ0n) is 12.8. The molecule has 0 amide bonds. The van der Waals surface area contributed by atoms with Crippen LogP contribution in [-0.4, -0.2) is 26.7 Å². The maximum Gasteiger partial charge on any atom is 0.241 e. The van der Waals surface area contributed by atoms with Gasteiger partial charge in [0.25, 0.3) is 0 Å². The Morgan fingerprint density at radius 1 is 1.19 bits per heavy atom. The van der Waals surface area contributed by atoms with E-state index in [0.717, 1.165) is 24.8 Å². The van der Waals surface area contributed by atoms with Crippen LogP contribution in [0.4, 0.5) is 0 Å². The summed E-state index contributed by atoms with van der Waals surface area (Å²) >= 11 is 0. The molecule has 1 aromatic rings. The molecule has 4 nitrogen and oxygen atoms in total. The van der Waals surface area contributed by atoms with Crippen molar-refractivity contribution >= 4 is 10.0 Å². The van der Waals surface area contributed by atoms with E-state index in [1.54, 1.807) is 12.1 Å². The lowest BCUT2D eigenvalue weighted by Crippen LogP contribution is -2.41. The minimum Gasteiger partial charge on any atom is -0.373 e. The van der Waals surface area contributed by atoms with Gasteiger partial charge in [-0.15, -0.1) is 0 Å². The van der Waals surface area contributed by atoms with Crippen LogP contribution in [0.5, 0.6) is 0 Å². The second-order valence-corrected chi connectivity index (χ2v) is 8.77. The van der Waals surface area contributed by atoms with Crippen molar-refractivity contribution in [3.63, 3.8) is 0 Å². The zero-order chi connectivity index (χ0) is 15.3. The van der Waals surface area contributed by atoms with Crippen LogP contribution in [0.2, 0.25) is 0 Å². The molecule has 0 radical (unpaired) electrons. The molecule has 1 N–H and O–H groups in total. The van der Waals surface area contributed by atoms with Gasteiger partial charge in [-0.1, -0.05) is 39.0 Å². The first kappa shape index (κ1) is 15.0. The average molecular weight is 309 g/mol. The smallest absolute Gasteiger partial charge is 0.241 e. The van der Waals surface area contributed by atoms with Crippen molar-refractivity contribution in [2.75, 3.05) is 0 Å². The van der Waals surface area contributed by atoms with E-state index >= 15 is 0 Å². The number of hydrogen-bond donors (Lipinski definition) is 1. The van der Waals surface area contributed by atoms with Crippen molar-refractivity contribution in [1.29, 1.82) is 0 Å². The van der Waals surface area contributed by atoms with Crippen LogP contribution in [0.25, 0.3) is 0 Å². The van der Waals surface area contributed by atoms with Crippen LogP contribution in [0.1, 0.15) is 45.6 Å². The van der Waals surface area contributed by atoms with Gasteiger partial charge in [-0.05, 0) is 36.3 Å². The molecule has 1 aromatic carbocycles. The molecule has 0 spiro atoms. The molecule has 2 aliphatic heterocycles. The molecule has 5 heteroatoms. The van der Waals surface area contributed by atoms with Crippen molar-refractivity contribution in [1.82, 2.24) is 4.72 Å². The largest absolute Gasteiger partial charge is 0.373 e. The summed E-state index contributed by atoms with van der Waals surface area (Å²) in [5, 5.41) is 0. The Balaban J connectivity index is 1.89. The Labute approximate surface area is 126 Å². The number of fused-ring (bicyclic) bond motifs is 2. The van der Waals surface area contributed by atoms with Crippen LogP contribution in [0.3, 0.4) is 0 Å². The maximum absolute atomic E-state index is 12.8. The molecule has 116 valence electrons. The summed E-state index contributed by atoms with van der Waals surface area (Å²) in [6.07, 6.45) is 3.09. The predicted octanol–water partition coefficient (Wildman–Crippen LogP) is 2.58. The zero-order valence-corrected chi connectivity index (χ0v) is 13.6. The summed E-state index contributed by atoms with van der Waals surface area (Å²) < 4.78 is 34.1. The van der Waals surface area contributed by atoms with Gasteiger partial charge in [-0.25, -0.2) is 13.1 Å². The van der Waals surface area contributed by atoms with E-state index in [1.807, 2.05) is 32.9 Å². The van der Waals surface area contributed by atoms with E-state index in [1.165, 1.54) is 0 Å². The van der Waals surface area contributed by atoms with Crippen LogP contribution < -0.4 is 4.72 Å². The Morgan fingerprint density at radius 2 is 1.90 bits per heavy atom. The average Bonchev–Trinajstić information content (AvgIpc) is 2.99. The molecule has 0 unspecified atom stereocenters. The van der Waals surface area contributed by atoms with Crippen molar-refractivity contribution in [2.24, 2.45) is 0 Å². The van der Waals surface area contributed by atoms with Crippen molar-refractivity contribution < 1.29 is 13.2 Å². The molecule has 21 heavy (non-hydrogen) atoms. The Hall–Kier alpha value is -0.910. The summed E-state index contributed by atoms with van der Waals surface area (Å²) in [6.45, 7) is 6.09. The highest BCUT2D eigenvalue weighted by molar-refractivity contribution is 7.89. The summed E-state index contributed by atoms with van der Waals surface area (Å²) in [6, 6.07) is 7.17. The third-order valence-electron chi connectivity index (χ3n) is 4.40. The highest BCUT2D eigenvalue weighted by atomic mass is 32.2. The standard InChI is InChI=1S/C16H23NO3S/c1-16(2,3)12-6-4-5-7-15(12)21(18,19)17-13-10-11-8-9-14(13)20-11/h4-7,11,13-14,17H,8-10H2,1-3H3/t11-,13+,14-/m1/s1. The highest BCUT2D eigenvalue weighted by Gasteiger charge is 2.43. The van der Waals surface area contributed by atoms with Crippen LogP contribution in [-0.2, 0) is 20.2 Å². The molecule has 3 rings (SSSR count). The topological polar surface area (TPSA) is 55.4 Å². The number of rotatable bonds is 3. The molecule has 2 fully saturated rings. The number of benzene rings is 1. The van der Waals surface area contributed by atoms with Gasteiger partial charge in [0.15, 0.2) is 0 Å². The van der Waals surface area contributed by atoms with Gasteiger partial charge < -0.3 is 4.74 Å². The van der Waals surface area contributed by atoms with Crippen LogP contribution >= 0.6 is 0 Å². The summed E-state index contributed by atoms with van der Waals surface area (Å²) in [5.41, 5.74) is 0.637. The third kappa shape index (κ3) is 2.87. The molecule has 2 saturated heterocycles. The Bertz CT molecular complexity index is 633. The van der Waals surface area contributed by atoms with Gasteiger partial charge in [-0.2, -0.15) is 0 Å². The molecular formula is C16H23NO3S. The molecule has 3 atom stereocenters. The van der Waals surface area contributed by atoms with Gasteiger partial charge >= 0.3 is 0 Å². The summed E-state index contributed by atoms with van der Waals surface area (Å²) in [7, 11) is -3.51. The van der Waals surface area contributed by atoms with Crippen molar-refractivity contribution in [3.05, 3.63) is 29.8 Å². The lowest BCUT2D eigenvalue weighted by molar-refractivity contribution is 0.0996. The van der Waals surface area contributed by atoms with Crippen molar-refractivity contribution in [3.8, 4) is 0 Å². The highest BCUT2D eigenvalue weighted by Crippen LogP contribution is 2.36. The van der Waals surface area contributed by atoms with E-state index in [2.05, 4.69) is 4.72 Å². The lowest BCUT2D eigenvalue weighted by Gasteiger charge is -2.25. The molecule has 0 aromatic heterocycles. The molecule has 0 aliphatic carbocycles. The lowest BCUT2D eigenvalue weighted by atomic mass is 9.87. The van der Waals surface area contributed by atoms with Gasteiger partial charge in [0.1, 0.15) is 0 Å². The minimum absolute atomic E-state index is 0.0478. The van der Waals surface area contributed by atoms with Gasteiger partial charge in [0.05, 0.1) is 23.1 Å². The quantitative estimate of drug-likeness (QED) is 0.933. The maximum atomic E-state index is 12.8. The summed E-state index contributed by atoms with van der Waals surface area (Å²) in [4.78, 5) is 0.389. The Kier molecular flexibility index (Phi) is 3.62. The molecule has 0 saturated carbocycles. The third-order valence-corrected chi connectivity index (χ3v) is 5.95. The molecule has 2 heterocycles. The molecule has 2 aliphatic rings. The van der Waals surface area contributed by atoms with Crippen LogP contribution in [0, 0.1) is 0 Å². The predicted molar refractivity (Wildman–Crippen MR) is 81.8 cm³/mol. The van der Waals surface area contributed by atoms with E-state index in [4.69, 9.17) is 4.74 Å². The molecule has 2 bridgehead atoms. The fourth-order valence-electron chi connectivity index (χ4n) is 3.35. The number of nitrogens with one attached hydrogen (secondary N) is 1. The first-order chi connectivity index (χ1) is 9.77. The van der Waals surface area contributed by atoms with Crippen LogP contribution in [0.15, 0.2) is 29.2 Å². The van der Waals surface area contributed by atoms with E-state index in [-0.39, 0.29) is 23.7 Å². The normalized spacial score (nSPS) is 29.0. The summed E-state index contributed by atoms with van der Waals surface area (Å²) in [5.74, 6) is 0. The number of hydrogen-bond acceptors (Lipinski definition) is 3. The SMILES string of the molecule is CC(C)(C)c1ccccc1S(=O)(=O)N[C@H]1C[C@H]2CC[C@H]1O2. The first-order valence-corrected chi connectivity index (χ1v) is 9.03. The second kappa shape index (κ2) is 5.07. The minimum atomic E-state index is -3.51. The number of ether oxygens (including phenoxy) is 1. The van der Waals surface area contributed by atoms with Gasteiger partial charge in [0.2, 0.25) is 10.0 Å².